The molecule has 2 rings (SSSR count). The molecule has 1 aromatic heterocycles. The Morgan fingerprint density at radius 3 is 2.43 bits per heavy atom. The van der Waals surface area contributed by atoms with Crippen LogP contribution in [0.15, 0.2) is 40.8 Å². The first-order valence-electron chi connectivity index (χ1n) is 8.28. The summed E-state index contributed by atoms with van der Waals surface area (Å²) in [7, 11) is 0. The van der Waals surface area contributed by atoms with Crippen molar-refractivity contribution in [2.45, 2.75) is 52.2 Å². The second-order valence-electron chi connectivity index (χ2n) is 5.80. The van der Waals surface area contributed by atoms with E-state index < -0.39 is 6.10 Å². The number of rotatable bonds is 9. The normalized spacial score (nSPS) is 12.0. The summed E-state index contributed by atoms with van der Waals surface area (Å²) >= 11 is 0. The van der Waals surface area contributed by atoms with Gasteiger partial charge in [-0.1, -0.05) is 50.5 Å². The van der Waals surface area contributed by atoms with Gasteiger partial charge in [0.15, 0.2) is 0 Å². The molecule has 0 spiro atoms. The molecule has 0 aliphatic heterocycles. The van der Waals surface area contributed by atoms with Crippen LogP contribution in [-0.4, -0.2) is 11.7 Å². The van der Waals surface area contributed by atoms with E-state index in [0.717, 1.165) is 35.7 Å². The molecule has 0 bridgehead atoms. The summed E-state index contributed by atoms with van der Waals surface area (Å²) in [4.78, 5) is 0. The lowest BCUT2D eigenvalue weighted by molar-refractivity contribution is 0.199. The fraction of sp³-hybridized carbons (Fsp3) is 0.474. The number of furan rings is 1. The van der Waals surface area contributed by atoms with E-state index in [4.69, 9.17) is 4.42 Å². The van der Waals surface area contributed by atoms with E-state index in [-0.39, 0.29) is 12.4 Å². The van der Waals surface area contributed by atoms with E-state index in [9.17, 15) is 5.11 Å². The molecule has 0 fully saturated rings. The summed E-state index contributed by atoms with van der Waals surface area (Å²) in [6.07, 6.45) is 4.67. The number of aliphatic hydroxyl groups excluding tert-OH is 1. The van der Waals surface area contributed by atoms with Crippen molar-refractivity contribution in [2.75, 3.05) is 6.54 Å². The molecule has 4 heteroatoms. The molecule has 23 heavy (non-hydrogen) atoms. The van der Waals surface area contributed by atoms with E-state index >= 15 is 0 Å². The number of halogens is 1. The van der Waals surface area contributed by atoms with Gasteiger partial charge in [-0.2, -0.15) is 0 Å². The molecule has 0 aliphatic rings. The first kappa shape index (κ1) is 19.8. The molecule has 3 nitrogen and oxygen atoms in total. The SMILES string of the molecule is CCCCCCNCc1ccc(-c2ccc(C(C)O)cc2)o1.Cl. The van der Waals surface area contributed by atoms with Crippen molar-refractivity contribution in [3.63, 3.8) is 0 Å². The Kier molecular flexibility index (Phi) is 9.00. The number of benzene rings is 1. The van der Waals surface area contributed by atoms with Gasteiger partial charge in [0, 0.05) is 5.56 Å². The van der Waals surface area contributed by atoms with Gasteiger partial charge in [0.05, 0.1) is 12.6 Å². The van der Waals surface area contributed by atoms with E-state index in [0.29, 0.717) is 0 Å². The summed E-state index contributed by atoms with van der Waals surface area (Å²) in [6.45, 7) is 5.81. The molecule has 0 amide bonds. The van der Waals surface area contributed by atoms with Crippen molar-refractivity contribution in [3.05, 3.63) is 47.7 Å². The summed E-state index contributed by atoms with van der Waals surface area (Å²) < 4.78 is 5.87. The lowest BCUT2D eigenvalue weighted by atomic mass is 10.1. The van der Waals surface area contributed by atoms with Crippen LogP contribution in [0, 0.1) is 0 Å². The predicted octanol–water partition coefficient (Wildman–Crippen LogP) is 5.09. The zero-order valence-electron chi connectivity index (χ0n) is 14.0. The van der Waals surface area contributed by atoms with Crippen LogP contribution in [0.3, 0.4) is 0 Å². The van der Waals surface area contributed by atoms with Crippen molar-refractivity contribution in [1.29, 1.82) is 0 Å². The quantitative estimate of drug-likeness (QED) is 0.626. The minimum atomic E-state index is -0.432. The number of hydrogen-bond donors (Lipinski definition) is 2. The van der Waals surface area contributed by atoms with Crippen molar-refractivity contribution in [2.24, 2.45) is 0 Å². The van der Waals surface area contributed by atoms with E-state index in [1.54, 1.807) is 6.92 Å². The maximum absolute atomic E-state index is 9.53. The third kappa shape index (κ3) is 6.38. The molecule has 0 aliphatic carbocycles. The molecular weight excluding hydrogens is 310 g/mol. The Hall–Kier alpha value is -1.29. The Morgan fingerprint density at radius 2 is 1.78 bits per heavy atom. The maximum atomic E-state index is 9.53. The van der Waals surface area contributed by atoms with Gasteiger partial charge in [-0.3, -0.25) is 0 Å². The molecule has 1 heterocycles. The van der Waals surface area contributed by atoms with Crippen LogP contribution in [0.2, 0.25) is 0 Å². The Labute approximate surface area is 145 Å². The zero-order chi connectivity index (χ0) is 15.8. The second kappa shape index (κ2) is 10.5. The van der Waals surface area contributed by atoms with Crippen molar-refractivity contribution in [1.82, 2.24) is 5.32 Å². The van der Waals surface area contributed by atoms with Crippen LogP contribution in [0.1, 0.15) is 57.0 Å². The van der Waals surface area contributed by atoms with Gasteiger partial charge in [-0.15, -0.1) is 12.4 Å². The fourth-order valence-electron chi connectivity index (χ4n) is 2.44. The predicted molar refractivity (Wildman–Crippen MR) is 97.9 cm³/mol. The van der Waals surface area contributed by atoms with Crippen LogP contribution < -0.4 is 5.32 Å². The van der Waals surface area contributed by atoms with Gasteiger partial charge < -0.3 is 14.8 Å². The van der Waals surface area contributed by atoms with Crippen LogP contribution in [0.4, 0.5) is 0 Å². The van der Waals surface area contributed by atoms with Crippen LogP contribution >= 0.6 is 12.4 Å². The molecular formula is C19H28ClNO2. The van der Waals surface area contributed by atoms with E-state index in [2.05, 4.69) is 12.2 Å². The van der Waals surface area contributed by atoms with Crippen LogP contribution in [-0.2, 0) is 6.54 Å². The Morgan fingerprint density at radius 1 is 1.04 bits per heavy atom. The van der Waals surface area contributed by atoms with Gasteiger partial charge in [0.1, 0.15) is 11.5 Å². The largest absolute Gasteiger partial charge is 0.460 e. The Bertz CT molecular complexity index is 549. The third-order valence-electron chi connectivity index (χ3n) is 3.85. The second-order valence-corrected chi connectivity index (χ2v) is 5.80. The first-order valence-corrected chi connectivity index (χ1v) is 8.28. The average molecular weight is 338 g/mol. The molecule has 128 valence electrons. The van der Waals surface area contributed by atoms with Gasteiger partial charge >= 0.3 is 0 Å². The molecule has 1 aromatic carbocycles. The summed E-state index contributed by atoms with van der Waals surface area (Å²) in [5.41, 5.74) is 1.96. The van der Waals surface area contributed by atoms with Crippen molar-refractivity contribution >= 4 is 12.4 Å². The lowest BCUT2D eigenvalue weighted by Gasteiger charge is -2.05. The summed E-state index contributed by atoms with van der Waals surface area (Å²) in [5.74, 6) is 1.84. The minimum Gasteiger partial charge on any atom is -0.460 e. The molecule has 1 atom stereocenters. The van der Waals surface area contributed by atoms with Crippen molar-refractivity contribution < 1.29 is 9.52 Å². The number of hydrogen-bond acceptors (Lipinski definition) is 3. The molecule has 0 saturated carbocycles. The standard InChI is InChI=1S/C19H27NO2.ClH/c1-3-4-5-6-13-20-14-18-11-12-19(22-18)17-9-7-16(8-10-17)15(2)21;/h7-12,15,20-21H,3-6,13-14H2,1-2H3;1H. The van der Waals surface area contributed by atoms with Crippen LogP contribution in [0.5, 0.6) is 0 Å². The number of unbranched alkanes of at least 4 members (excludes halogenated alkanes) is 3. The van der Waals surface area contributed by atoms with Gasteiger partial charge in [-0.05, 0) is 37.6 Å². The van der Waals surface area contributed by atoms with E-state index in [1.807, 2.05) is 36.4 Å². The van der Waals surface area contributed by atoms with Gasteiger partial charge in [0.2, 0.25) is 0 Å². The topological polar surface area (TPSA) is 45.4 Å². The molecule has 1 unspecified atom stereocenters. The highest BCUT2D eigenvalue weighted by Gasteiger charge is 2.06. The summed E-state index contributed by atoms with van der Waals surface area (Å²) in [5, 5.41) is 13.0. The highest BCUT2D eigenvalue weighted by Crippen LogP contribution is 2.24. The van der Waals surface area contributed by atoms with Crippen LogP contribution in [0.25, 0.3) is 11.3 Å². The fourth-order valence-corrected chi connectivity index (χ4v) is 2.44. The smallest absolute Gasteiger partial charge is 0.134 e. The Balaban J connectivity index is 0.00000264. The zero-order valence-corrected chi connectivity index (χ0v) is 14.9. The molecule has 2 N–H and O–H groups in total. The maximum Gasteiger partial charge on any atom is 0.134 e. The molecule has 0 radical (unpaired) electrons. The lowest BCUT2D eigenvalue weighted by Crippen LogP contribution is -2.14. The van der Waals surface area contributed by atoms with Gasteiger partial charge in [0.25, 0.3) is 0 Å². The van der Waals surface area contributed by atoms with Crippen molar-refractivity contribution in [3.8, 4) is 11.3 Å². The minimum absolute atomic E-state index is 0. The highest BCUT2D eigenvalue weighted by molar-refractivity contribution is 5.85. The molecule has 0 saturated heterocycles. The third-order valence-corrected chi connectivity index (χ3v) is 3.85. The van der Waals surface area contributed by atoms with E-state index in [1.165, 1.54) is 25.7 Å². The average Bonchev–Trinajstić information content (AvgIpc) is 3.00. The number of nitrogens with one attached hydrogen (secondary N) is 1. The molecule has 2 aromatic rings. The summed E-state index contributed by atoms with van der Waals surface area (Å²) in [6, 6.07) is 11.9. The monoisotopic (exact) mass is 337 g/mol. The highest BCUT2D eigenvalue weighted by atomic mass is 35.5. The number of aliphatic hydroxyl groups is 1. The van der Waals surface area contributed by atoms with Gasteiger partial charge in [-0.25, -0.2) is 0 Å². The first-order chi connectivity index (χ1) is 10.7.